The Hall–Kier alpha value is 0.623. The van der Waals surface area contributed by atoms with E-state index in [9.17, 15) is 4.79 Å². The van der Waals surface area contributed by atoms with Gasteiger partial charge in [0.1, 0.15) is 5.60 Å². The molecular formula is C14H24INO2Zn. The van der Waals surface area contributed by atoms with Crippen LogP contribution in [0.4, 0.5) is 4.79 Å². The summed E-state index contributed by atoms with van der Waals surface area (Å²) < 4.78 is 5.43. The average Bonchev–Trinajstić information content (AvgIpc) is 2.75. The SMILES string of the molecule is CC(C)(C)OC(=O)N1CCC2(CC[CH-]CC2)C1.[Zn+][I]. The Morgan fingerprint density at radius 1 is 1.26 bits per heavy atom. The average molecular weight is 431 g/mol. The summed E-state index contributed by atoms with van der Waals surface area (Å²) in [6, 6.07) is 0. The van der Waals surface area contributed by atoms with E-state index in [1.165, 1.54) is 40.5 Å². The first-order valence-electron chi connectivity index (χ1n) is 6.97. The van der Waals surface area contributed by atoms with Crippen LogP contribution < -0.4 is 0 Å². The van der Waals surface area contributed by atoms with Gasteiger partial charge in [0.25, 0.3) is 0 Å². The first-order chi connectivity index (χ1) is 8.90. The molecule has 106 valence electrons. The third-order valence-corrected chi connectivity index (χ3v) is 3.85. The van der Waals surface area contributed by atoms with Crippen LogP contribution in [0.15, 0.2) is 0 Å². The number of hydrogen-bond donors (Lipinski definition) is 0. The number of ether oxygens (including phenoxy) is 1. The first-order valence-corrected chi connectivity index (χ1v) is 16.0. The molecule has 3 nitrogen and oxygen atoms in total. The third-order valence-electron chi connectivity index (χ3n) is 3.85. The van der Waals surface area contributed by atoms with Crippen LogP contribution >= 0.6 is 19.8 Å². The number of carbonyl (C=O) groups is 1. The van der Waals surface area contributed by atoms with Crippen molar-refractivity contribution in [2.45, 2.75) is 58.5 Å². The normalized spacial score (nSPS) is 21.9. The van der Waals surface area contributed by atoms with Gasteiger partial charge in [-0.25, -0.2) is 4.79 Å². The van der Waals surface area contributed by atoms with Crippen LogP contribution in [0.2, 0.25) is 0 Å². The molecule has 2 rings (SSSR count). The van der Waals surface area contributed by atoms with Gasteiger partial charge in [-0.15, -0.1) is 0 Å². The molecule has 5 heteroatoms. The van der Waals surface area contributed by atoms with E-state index in [0.29, 0.717) is 5.41 Å². The summed E-state index contributed by atoms with van der Waals surface area (Å²) in [6.45, 7) is 7.54. The van der Waals surface area contributed by atoms with Crippen LogP contribution in [-0.4, -0.2) is 29.7 Å². The molecule has 2 aliphatic rings. The second-order valence-corrected chi connectivity index (χ2v) is 6.52. The fraction of sp³-hybridized carbons (Fsp3) is 0.857. The van der Waals surface area contributed by atoms with Gasteiger partial charge >= 0.3 is 40.6 Å². The monoisotopic (exact) mass is 429 g/mol. The molecule has 0 bridgehead atoms. The van der Waals surface area contributed by atoms with Crippen LogP contribution in [0.1, 0.15) is 52.9 Å². The zero-order valence-electron chi connectivity index (χ0n) is 12.4. The van der Waals surface area contributed by atoms with Crippen molar-refractivity contribution in [3.63, 3.8) is 0 Å². The topological polar surface area (TPSA) is 29.5 Å². The number of rotatable bonds is 0. The molecule has 0 unspecified atom stereocenters. The van der Waals surface area contributed by atoms with E-state index in [2.05, 4.69) is 26.2 Å². The van der Waals surface area contributed by atoms with Crippen molar-refractivity contribution in [2.75, 3.05) is 13.1 Å². The Bertz CT molecular complexity index is 298. The number of nitrogens with zero attached hydrogens (tertiary/aromatic N) is 1. The minimum atomic E-state index is -0.382. The van der Waals surface area contributed by atoms with Crippen LogP contribution in [0.5, 0.6) is 0 Å². The number of hydrogen-bond acceptors (Lipinski definition) is 2. The molecule has 0 aromatic heterocycles. The Balaban J connectivity index is 0.000000861. The van der Waals surface area contributed by atoms with Gasteiger partial charge in [0.15, 0.2) is 0 Å². The summed E-state index contributed by atoms with van der Waals surface area (Å²) in [5.74, 6) is 0. The van der Waals surface area contributed by atoms with E-state index in [1.54, 1.807) is 0 Å². The second kappa shape index (κ2) is 7.58. The summed E-state index contributed by atoms with van der Waals surface area (Å²) in [7, 11) is 0. The molecular weight excluding hydrogens is 406 g/mol. The van der Waals surface area contributed by atoms with Gasteiger partial charge in [-0.1, -0.05) is 12.8 Å². The predicted molar refractivity (Wildman–Crippen MR) is 81.6 cm³/mol. The van der Waals surface area contributed by atoms with Crippen molar-refractivity contribution in [1.82, 2.24) is 4.90 Å². The van der Waals surface area contributed by atoms with Gasteiger partial charge in [-0.3, -0.25) is 0 Å². The molecule has 1 saturated carbocycles. The van der Waals surface area contributed by atoms with Gasteiger partial charge in [0.2, 0.25) is 0 Å². The summed E-state index contributed by atoms with van der Waals surface area (Å²) in [5.41, 5.74) is 0.0127. The molecule has 0 atom stereocenters. The second-order valence-electron chi connectivity index (χ2n) is 6.52. The Morgan fingerprint density at radius 2 is 1.84 bits per heavy atom. The molecule has 0 radical (unpaired) electrons. The molecule has 0 aromatic rings. The van der Waals surface area contributed by atoms with Crippen LogP contribution in [-0.2, 0) is 19.5 Å². The maximum atomic E-state index is 12.0. The molecule has 1 aliphatic heterocycles. The number of amides is 1. The van der Waals surface area contributed by atoms with Gasteiger partial charge in [-0.2, -0.15) is 12.8 Å². The summed E-state index contributed by atoms with van der Waals surface area (Å²) >= 11 is 3.62. The van der Waals surface area contributed by atoms with E-state index in [-0.39, 0.29) is 11.7 Å². The quantitative estimate of drug-likeness (QED) is 0.326. The summed E-state index contributed by atoms with van der Waals surface area (Å²) in [5, 5.41) is 0. The zero-order chi connectivity index (χ0) is 14.5. The van der Waals surface area contributed by atoms with E-state index in [1.807, 2.05) is 25.7 Å². The van der Waals surface area contributed by atoms with E-state index >= 15 is 0 Å². The van der Waals surface area contributed by atoms with Crippen molar-refractivity contribution < 1.29 is 24.3 Å². The molecule has 1 saturated heterocycles. The molecule has 2 fully saturated rings. The van der Waals surface area contributed by atoms with E-state index in [0.717, 1.165) is 19.5 Å². The maximum absolute atomic E-state index is 12.0. The fourth-order valence-corrected chi connectivity index (χ4v) is 2.91. The van der Waals surface area contributed by atoms with Crippen LogP contribution in [0.3, 0.4) is 0 Å². The molecule has 0 N–H and O–H groups in total. The van der Waals surface area contributed by atoms with Gasteiger partial charge < -0.3 is 16.1 Å². The van der Waals surface area contributed by atoms with Crippen molar-refractivity contribution >= 4 is 25.8 Å². The van der Waals surface area contributed by atoms with Crippen molar-refractivity contribution in [3.05, 3.63) is 6.42 Å². The molecule has 0 aromatic carbocycles. The van der Waals surface area contributed by atoms with Gasteiger partial charge in [-0.05, 0) is 32.6 Å². The zero-order valence-corrected chi connectivity index (χ0v) is 17.5. The Labute approximate surface area is 138 Å². The predicted octanol–water partition coefficient (Wildman–Crippen LogP) is 4.28. The van der Waals surface area contributed by atoms with Gasteiger partial charge in [0.05, 0.1) is 0 Å². The Morgan fingerprint density at radius 3 is 2.37 bits per heavy atom. The molecule has 1 aliphatic carbocycles. The molecule has 1 amide bonds. The summed E-state index contributed by atoms with van der Waals surface area (Å²) in [4.78, 5) is 13.9. The number of carbonyl (C=O) groups excluding carboxylic acids is 1. The standard InChI is InChI=1S/C14H24NO2.HI.Zn/c1-13(2,3)17-12(16)15-10-9-14(11-15)7-5-4-6-8-14;;/h4H,5-11H2,1-3H3;1H;/q-1;;+2/p-1. The van der Waals surface area contributed by atoms with Crippen molar-refractivity contribution in [2.24, 2.45) is 5.41 Å². The molecule has 1 spiro atoms. The van der Waals surface area contributed by atoms with Crippen molar-refractivity contribution in [3.8, 4) is 0 Å². The van der Waals surface area contributed by atoms with Crippen LogP contribution in [0, 0.1) is 11.8 Å². The third kappa shape index (κ3) is 5.49. The molecule has 1 heterocycles. The van der Waals surface area contributed by atoms with Crippen LogP contribution in [0.25, 0.3) is 0 Å². The molecule has 19 heavy (non-hydrogen) atoms. The fourth-order valence-electron chi connectivity index (χ4n) is 2.91. The minimum absolute atomic E-state index is 0.135. The Kier molecular flexibility index (Phi) is 7.05. The van der Waals surface area contributed by atoms with E-state index in [4.69, 9.17) is 4.74 Å². The first kappa shape index (κ1) is 17.7. The van der Waals surface area contributed by atoms with E-state index < -0.39 is 0 Å². The number of likely N-dealkylation sites (tertiary alicyclic amines) is 1. The van der Waals surface area contributed by atoms with Gasteiger partial charge in [0, 0.05) is 13.1 Å². The summed E-state index contributed by atoms with van der Waals surface area (Å²) in [6.07, 6.45) is 8.30. The van der Waals surface area contributed by atoms with Crippen molar-refractivity contribution in [1.29, 1.82) is 0 Å². The number of halogens is 1.